The van der Waals surface area contributed by atoms with Gasteiger partial charge in [0, 0.05) is 18.5 Å². The van der Waals surface area contributed by atoms with E-state index in [1.165, 1.54) is 13.0 Å². The minimum absolute atomic E-state index is 0.214. The molecule has 0 aromatic heterocycles. The molecule has 0 aromatic rings. The van der Waals surface area contributed by atoms with Gasteiger partial charge in [-0.15, -0.1) is 0 Å². The molecule has 0 bridgehead atoms. The maximum absolute atomic E-state index is 5.80. The molecule has 0 spiro atoms. The minimum Gasteiger partial charge on any atom is -0.378 e. The van der Waals surface area contributed by atoms with Crippen LogP contribution in [0, 0.1) is 5.41 Å². The van der Waals surface area contributed by atoms with Gasteiger partial charge in [0.25, 0.3) is 0 Å². The fourth-order valence-corrected chi connectivity index (χ4v) is 2.37. The van der Waals surface area contributed by atoms with Crippen molar-refractivity contribution in [2.24, 2.45) is 5.41 Å². The van der Waals surface area contributed by atoms with Crippen LogP contribution in [0.5, 0.6) is 0 Å². The highest BCUT2D eigenvalue weighted by atomic mass is 16.5. The molecule has 1 rings (SSSR count). The van der Waals surface area contributed by atoms with Crippen molar-refractivity contribution in [3.8, 4) is 0 Å². The normalized spacial score (nSPS) is 31.5. The van der Waals surface area contributed by atoms with E-state index in [2.05, 4.69) is 45.7 Å². The number of piperidine rings is 1. The third-order valence-corrected chi connectivity index (χ3v) is 3.24. The summed E-state index contributed by atoms with van der Waals surface area (Å²) in [6.07, 6.45) is 3.79. The van der Waals surface area contributed by atoms with Gasteiger partial charge in [0.2, 0.25) is 0 Å². The summed E-state index contributed by atoms with van der Waals surface area (Å²) in [4.78, 5) is 2.40. The number of allylic oxidation sites excluding steroid dienone is 1. The van der Waals surface area contributed by atoms with Gasteiger partial charge >= 0.3 is 0 Å². The molecule has 88 valence electrons. The molecule has 1 saturated heterocycles. The summed E-state index contributed by atoms with van der Waals surface area (Å²) in [7, 11) is 2.19. The molecular formula is C13H25NO. The van der Waals surface area contributed by atoms with Crippen LogP contribution in [0.2, 0.25) is 0 Å². The number of likely N-dealkylation sites (tertiary alicyclic amines) is 1. The van der Waals surface area contributed by atoms with Crippen molar-refractivity contribution in [2.75, 3.05) is 26.7 Å². The van der Waals surface area contributed by atoms with E-state index >= 15 is 0 Å². The summed E-state index contributed by atoms with van der Waals surface area (Å²) < 4.78 is 5.80. The lowest BCUT2D eigenvalue weighted by atomic mass is 9.77. The van der Waals surface area contributed by atoms with Crippen molar-refractivity contribution in [1.29, 1.82) is 0 Å². The van der Waals surface area contributed by atoms with Gasteiger partial charge in [-0.1, -0.05) is 18.6 Å². The Morgan fingerprint density at radius 1 is 1.53 bits per heavy atom. The molecule has 0 radical (unpaired) electrons. The van der Waals surface area contributed by atoms with E-state index in [0.717, 1.165) is 13.2 Å². The summed E-state index contributed by atoms with van der Waals surface area (Å²) in [6, 6.07) is 0. The van der Waals surface area contributed by atoms with Crippen molar-refractivity contribution in [2.45, 2.75) is 40.2 Å². The van der Waals surface area contributed by atoms with Crippen molar-refractivity contribution in [3.63, 3.8) is 0 Å². The first-order valence-corrected chi connectivity index (χ1v) is 5.94. The highest BCUT2D eigenvalue weighted by molar-refractivity contribution is 5.16. The lowest BCUT2D eigenvalue weighted by Gasteiger charge is -2.41. The predicted octanol–water partition coefficient (Wildman–Crippen LogP) is 2.70. The van der Waals surface area contributed by atoms with Gasteiger partial charge in [0.15, 0.2) is 0 Å². The monoisotopic (exact) mass is 211 g/mol. The van der Waals surface area contributed by atoms with Crippen LogP contribution < -0.4 is 0 Å². The second-order valence-corrected chi connectivity index (χ2v) is 5.22. The van der Waals surface area contributed by atoms with Crippen molar-refractivity contribution >= 4 is 0 Å². The van der Waals surface area contributed by atoms with Crippen LogP contribution in [0.25, 0.3) is 0 Å². The average molecular weight is 211 g/mol. The van der Waals surface area contributed by atoms with Crippen molar-refractivity contribution in [3.05, 3.63) is 11.6 Å². The number of ether oxygens (including phenoxy) is 1. The van der Waals surface area contributed by atoms with Gasteiger partial charge in [-0.3, -0.25) is 0 Å². The Morgan fingerprint density at radius 2 is 2.20 bits per heavy atom. The smallest absolute Gasteiger partial charge is 0.0572 e. The van der Waals surface area contributed by atoms with E-state index in [1.807, 2.05) is 0 Å². The Bertz CT molecular complexity index is 235. The maximum atomic E-state index is 5.80. The molecular weight excluding hydrogens is 186 g/mol. The van der Waals surface area contributed by atoms with Gasteiger partial charge in [0.1, 0.15) is 0 Å². The molecule has 1 fully saturated rings. The van der Waals surface area contributed by atoms with Crippen molar-refractivity contribution < 1.29 is 4.74 Å². The Hall–Kier alpha value is -0.340. The van der Waals surface area contributed by atoms with E-state index in [1.54, 1.807) is 5.57 Å². The fourth-order valence-electron chi connectivity index (χ4n) is 2.37. The largest absolute Gasteiger partial charge is 0.378 e. The second-order valence-electron chi connectivity index (χ2n) is 5.22. The third-order valence-electron chi connectivity index (χ3n) is 3.24. The molecule has 1 atom stereocenters. The number of nitrogens with zero attached hydrogens (tertiary/aromatic N) is 1. The van der Waals surface area contributed by atoms with Gasteiger partial charge in [-0.05, 0) is 34.2 Å². The van der Waals surface area contributed by atoms with Crippen molar-refractivity contribution in [1.82, 2.24) is 4.90 Å². The zero-order valence-electron chi connectivity index (χ0n) is 10.8. The molecule has 1 heterocycles. The summed E-state index contributed by atoms with van der Waals surface area (Å²) in [6.45, 7) is 11.8. The Morgan fingerprint density at radius 3 is 2.73 bits per heavy atom. The minimum atomic E-state index is 0.214. The van der Waals surface area contributed by atoms with Gasteiger partial charge in [-0.2, -0.15) is 0 Å². The molecule has 0 aromatic carbocycles. The third kappa shape index (κ3) is 3.32. The van der Waals surface area contributed by atoms with Crippen LogP contribution in [-0.4, -0.2) is 37.7 Å². The molecule has 0 amide bonds. The SMILES string of the molecule is C/C=C1\CCN(C)C[C@@]1(C)COC(C)C. The number of rotatable bonds is 3. The molecule has 1 aliphatic rings. The Kier molecular flexibility index (Phi) is 4.35. The highest BCUT2D eigenvalue weighted by Crippen LogP contribution is 2.34. The molecule has 0 aliphatic carbocycles. The van der Waals surface area contributed by atoms with Crippen LogP contribution in [0.3, 0.4) is 0 Å². The Balaban J connectivity index is 2.67. The van der Waals surface area contributed by atoms with Gasteiger partial charge in [0.05, 0.1) is 12.7 Å². The van der Waals surface area contributed by atoms with Gasteiger partial charge < -0.3 is 9.64 Å². The van der Waals surface area contributed by atoms with E-state index in [4.69, 9.17) is 4.74 Å². The molecule has 2 nitrogen and oxygen atoms in total. The summed E-state index contributed by atoms with van der Waals surface area (Å²) in [5.74, 6) is 0. The quantitative estimate of drug-likeness (QED) is 0.666. The van der Waals surface area contributed by atoms with E-state index in [-0.39, 0.29) is 5.41 Å². The fraction of sp³-hybridized carbons (Fsp3) is 0.846. The van der Waals surface area contributed by atoms with Crippen LogP contribution in [0.4, 0.5) is 0 Å². The van der Waals surface area contributed by atoms with E-state index in [9.17, 15) is 0 Å². The zero-order chi connectivity index (χ0) is 11.5. The standard InChI is InChI=1S/C13H25NO/c1-6-12-7-8-14(5)9-13(12,4)10-15-11(2)3/h6,11H,7-10H2,1-5H3/b12-6+/t13-/m0/s1. The molecule has 0 unspecified atom stereocenters. The van der Waals surface area contributed by atoms with E-state index in [0.29, 0.717) is 6.10 Å². The molecule has 0 saturated carbocycles. The lowest BCUT2D eigenvalue weighted by Crippen LogP contribution is -2.44. The van der Waals surface area contributed by atoms with Gasteiger partial charge in [-0.25, -0.2) is 0 Å². The maximum Gasteiger partial charge on any atom is 0.0572 e. The first-order valence-electron chi connectivity index (χ1n) is 5.94. The summed E-state index contributed by atoms with van der Waals surface area (Å²) in [5.41, 5.74) is 1.77. The van der Waals surface area contributed by atoms with Crippen LogP contribution in [0.15, 0.2) is 11.6 Å². The highest BCUT2D eigenvalue weighted by Gasteiger charge is 2.33. The Labute approximate surface area is 94.3 Å². The van der Waals surface area contributed by atoms with E-state index < -0.39 is 0 Å². The molecule has 15 heavy (non-hydrogen) atoms. The molecule has 0 N–H and O–H groups in total. The van der Waals surface area contributed by atoms with Crippen LogP contribution >= 0.6 is 0 Å². The summed E-state index contributed by atoms with van der Waals surface area (Å²) >= 11 is 0. The molecule has 1 aliphatic heterocycles. The first-order chi connectivity index (χ1) is 6.98. The number of hydrogen-bond acceptors (Lipinski definition) is 2. The zero-order valence-corrected chi connectivity index (χ0v) is 10.8. The predicted molar refractivity (Wildman–Crippen MR) is 65.1 cm³/mol. The van der Waals surface area contributed by atoms with Crippen LogP contribution in [-0.2, 0) is 4.74 Å². The molecule has 2 heteroatoms. The second kappa shape index (κ2) is 5.13. The summed E-state index contributed by atoms with van der Waals surface area (Å²) in [5, 5.41) is 0. The lowest BCUT2D eigenvalue weighted by molar-refractivity contribution is 0.00749. The number of hydrogen-bond donors (Lipinski definition) is 0. The van der Waals surface area contributed by atoms with Crippen LogP contribution in [0.1, 0.15) is 34.1 Å². The topological polar surface area (TPSA) is 12.5 Å². The average Bonchev–Trinajstić information content (AvgIpc) is 2.15. The first kappa shape index (κ1) is 12.7.